The molecule has 1 amide bonds. The number of hydrogen-bond donors (Lipinski definition) is 7. The molecule has 18 heteroatoms. The third kappa shape index (κ3) is 8.88. The van der Waals surface area contributed by atoms with Crippen LogP contribution in [-0.2, 0) is 14.2 Å². The van der Waals surface area contributed by atoms with Gasteiger partial charge in [-0.3, -0.25) is 4.79 Å². The fourth-order valence-corrected chi connectivity index (χ4v) is 4.59. The summed E-state index contributed by atoms with van der Waals surface area (Å²) in [4.78, 5) is 23.5. The van der Waals surface area contributed by atoms with Crippen LogP contribution in [0.1, 0.15) is 17.3 Å². The van der Waals surface area contributed by atoms with Gasteiger partial charge in [0.2, 0.25) is 5.91 Å². The van der Waals surface area contributed by atoms with Crippen molar-refractivity contribution in [2.75, 3.05) is 37.5 Å². The molecule has 8 N–H and O–H groups in total. The number of carboxylic acid groups (broad SMARTS) is 1. The minimum atomic E-state index is -1.32. The molecule has 0 unspecified atom stereocenters. The normalized spacial score (nSPS) is 11.4. The van der Waals surface area contributed by atoms with Crippen molar-refractivity contribution in [1.29, 1.82) is 0 Å². The van der Waals surface area contributed by atoms with Gasteiger partial charge in [0.1, 0.15) is 47.5 Å². The molecule has 246 valence electrons. The summed E-state index contributed by atoms with van der Waals surface area (Å²) in [5, 5.41) is 72.0. The second-order valence-electron chi connectivity index (χ2n) is 9.33. The molecule has 0 aliphatic carbocycles. The van der Waals surface area contributed by atoms with Gasteiger partial charge in [-0.15, -0.1) is 24.8 Å². The van der Waals surface area contributed by atoms with Crippen molar-refractivity contribution in [2.24, 2.45) is 20.5 Å². The fraction of sp³-hybridized carbons (Fsp3) is 0.172. The van der Waals surface area contributed by atoms with Gasteiger partial charge in [0.25, 0.3) is 0 Å². The van der Waals surface area contributed by atoms with E-state index in [1.807, 2.05) is 0 Å². The van der Waals surface area contributed by atoms with Crippen molar-refractivity contribution in [3.8, 4) is 17.2 Å². The van der Waals surface area contributed by atoms with Crippen molar-refractivity contribution in [3.63, 3.8) is 0 Å². The summed E-state index contributed by atoms with van der Waals surface area (Å²) in [6.45, 7) is 0.193. The highest BCUT2D eigenvalue weighted by atomic mass is 32.2. The van der Waals surface area contributed by atoms with E-state index < -0.39 is 11.9 Å². The Morgan fingerprint density at radius 1 is 0.872 bits per heavy atom. The number of hydrogen-bond acceptors (Lipinski definition) is 16. The highest BCUT2D eigenvalue weighted by molar-refractivity contribution is 7.94. The number of nitrogens with one attached hydrogen (secondary N) is 1. The number of phenolic OH excluding ortho intramolecular Hbond substituents is 1. The molecule has 17 nitrogen and oxygen atoms in total. The summed E-state index contributed by atoms with van der Waals surface area (Å²) >= 11 is 0.538. The van der Waals surface area contributed by atoms with E-state index in [0.717, 1.165) is 0 Å². The van der Waals surface area contributed by atoms with Gasteiger partial charge >= 0.3 is 5.97 Å². The van der Waals surface area contributed by atoms with Crippen molar-refractivity contribution in [1.82, 2.24) is 0 Å². The van der Waals surface area contributed by atoms with Crippen LogP contribution in [0.15, 0.2) is 79.9 Å². The first kappa shape index (κ1) is 34.5. The number of nitrogens with zero attached hydrogens (tertiary/aromatic N) is 4. The van der Waals surface area contributed by atoms with Crippen molar-refractivity contribution in [3.05, 3.63) is 60.2 Å². The van der Waals surface area contributed by atoms with Crippen LogP contribution in [0.25, 0.3) is 10.8 Å². The number of azo groups is 2. The molecule has 0 aromatic heterocycles. The summed E-state index contributed by atoms with van der Waals surface area (Å²) in [6, 6.07) is 13.1. The van der Waals surface area contributed by atoms with Gasteiger partial charge in [-0.1, -0.05) is 11.1 Å². The Kier molecular flexibility index (Phi) is 11.9. The molecular formula is C29H28N6O11S. The van der Waals surface area contributed by atoms with Crippen LogP contribution in [0.3, 0.4) is 0 Å². The number of carbonyl (C=O) groups excluding carboxylic acids is 1. The number of carboxylic acids is 1. The number of nitrogen functional groups attached to an aromatic ring is 1. The zero-order chi connectivity index (χ0) is 33.9. The van der Waals surface area contributed by atoms with Crippen molar-refractivity contribution in [2.45, 2.75) is 11.8 Å². The maximum absolute atomic E-state index is 11.9. The molecule has 0 spiro atoms. The predicted octanol–water partition coefficient (Wildman–Crippen LogP) is 5.79. The second-order valence-corrected chi connectivity index (χ2v) is 10.1. The van der Waals surface area contributed by atoms with Gasteiger partial charge in [-0.25, -0.2) is 10.1 Å². The molecule has 0 aliphatic heterocycles. The number of benzene rings is 4. The number of fused-ring (bicyclic) bond motifs is 1. The van der Waals surface area contributed by atoms with E-state index in [4.69, 9.17) is 20.5 Å². The summed E-state index contributed by atoms with van der Waals surface area (Å²) in [6.07, 6.45) is 0. The van der Waals surface area contributed by atoms with Crippen LogP contribution < -0.4 is 20.5 Å². The van der Waals surface area contributed by atoms with Crippen LogP contribution in [0.4, 0.5) is 34.1 Å². The maximum atomic E-state index is 11.9. The smallest absolute Gasteiger partial charge is 0.338 e. The molecular weight excluding hydrogens is 640 g/mol. The van der Waals surface area contributed by atoms with Gasteiger partial charge < -0.3 is 41.0 Å². The molecule has 0 saturated heterocycles. The minimum absolute atomic E-state index is 0.0265. The number of aromatic hydroxyl groups is 1. The van der Waals surface area contributed by atoms with Crippen LogP contribution in [0, 0.1) is 0 Å². The Morgan fingerprint density at radius 2 is 1.51 bits per heavy atom. The third-order valence-corrected chi connectivity index (χ3v) is 6.66. The van der Waals surface area contributed by atoms with Crippen LogP contribution in [-0.4, -0.2) is 64.0 Å². The average Bonchev–Trinajstić information content (AvgIpc) is 3.04. The number of aliphatic hydroxyl groups excluding tert-OH is 2. The first-order valence-electron chi connectivity index (χ1n) is 13.5. The van der Waals surface area contributed by atoms with Crippen LogP contribution in [0.2, 0.25) is 0 Å². The zero-order valence-electron chi connectivity index (χ0n) is 24.5. The lowest BCUT2D eigenvalue weighted by Gasteiger charge is -2.13. The first-order chi connectivity index (χ1) is 22.6. The highest BCUT2D eigenvalue weighted by Gasteiger charge is 2.18. The average molecular weight is 669 g/mol. The monoisotopic (exact) mass is 668 g/mol. The number of aromatic carboxylic acids is 1. The lowest BCUT2D eigenvalue weighted by molar-refractivity contribution is -0.432. The van der Waals surface area contributed by atoms with E-state index in [0.29, 0.717) is 28.5 Å². The highest BCUT2D eigenvalue weighted by Crippen LogP contribution is 2.46. The maximum Gasteiger partial charge on any atom is 0.338 e. The summed E-state index contributed by atoms with van der Waals surface area (Å²) < 4.78 is 15.8. The molecule has 0 fully saturated rings. The Balaban J connectivity index is 1.81. The van der Waals surface area contributed by atoms with E-state index in [9.17, 15) is 30.0 Å². The molecule has 0 aliphatic rings. The molecule has 47 heavy (non-hydrogen) atoms. The zero-order valence-corrected chi connectivity index (χ0v) is 25.3. The van der Waals surface area contributed by atoms with E-state index in [-0.39, 0.29) is 82.6 Å². The Morgan fingerprint density at radius 3 is 2.11 bits per heavy atom. The number of amides is 1. The molecule has 4 aromatic rings. The SMILES string of the molecule is CC(=O)Nc1ccc(N=Nc2cc(OCCO)c(N=Nc3c(SOOO)cc4ccc(N)cc4c3O)cc2OCCO)c(C(=O)O)c1. The number of carbonyl (C=O) groups is 2. The molecule has 4 rings (SSSR count). The van der Waals surface area contributed by atoms with Crippen molar-refractivity contribution >= 4 is 68.8 Å². The Bertz CT molecular complexity index is 1840. The summed E-state index contributed by atoms with van der Waals surface area (Å²) in [7, 11) is 0. The number of nitrogens with two attached hydrogens (primary N) is 1. The molecule has 0 heterocycles. The molecule has 0 bridgehead atoms. The van der Waals surface area contributed by atoms with E-state index in [2.05, 4.69) is 35.1 Å². The molecule has 0 atom stereocenters. The quantitative estimate of drug-likeness (QED) is 0.0260. The largest absolute Gasteiger partial charge is 0.505 e. The topological polar surface area (TPSA) is 260 Å². The standard InChI is InChI=1S/C29H28N6O11S/c1-15(38)31-18-4-5-21(20(12-18)29(40)41)32-33-22-13-25(44-9-7-37)23(14-24(22)43-8-6-36)34-35-27-26(47-46-45-42)10-16-2-3-17(30)11-19(16)28(27)39/h2-5,10-14,36-37,39,42H,6-9,30H2,1H3,(H,31,38)(H,40,41). The number of anilines is 2. The Hall–Kier alpha value is -5.37. The number of ether oxygens (including phenoxy) is 2. The summed E-state index contributed by atoms with van der Waals surface area (Å²) in [5.74, 6) is -1.97. The Labute approximate surface area is 270 Å². The van der Waals surface area contributed by atoms with E-state index in [1.54, 1.807) is 18.2 Å². The molecule has 0 radical (unpaired) electrons. The van der Waals surface area contributed by atoms with Gasteiger partial charge in [0.15, 0.2) is 5.75 Å². The minimum Gasteiger partial charge on any atom is -0.505 e. The lowest BCUT2D eigenvalue weighted by Crippen LogP contribution is -2.07. The van der Waals surface area contributed by atoms with Crippen molar-refractivity contribution < 1.29 is 54.1 Å². The van der Waals surface area contributed by atoms with Crippen LogP contribution in [0.5, 0.6) is 17.2 Å². The van der Waals surface area contributed by atoms with Gasteiger partial charge in [0, 0.05) is 35.8 Å². The number of phenols is 1. The molecule has 4 aromatic carbocycles. The lowest BCUT2D eigenvalue weighted by atomic mass is 10.1. The first-order valence-corrected chi connectivity index (χ1v) is 14.2. The predicted molar refractivity (Wildman–Crippen MR) is 168 cm³/mol. The van der Waals surface area contributed by atoms with E-state index in [1.165, 1.54) is 43.3 Å². The third-order valence-electron chi connectivity index (χ3n) is 6.04. The van der Waals surface area contributed by atoms with Gasteiger partial charge in [0.05, 0.1) is 35.7 Å². The fourth-order valence-electron chi connectivity index (χ4n) is 4.10. The number of aliphatic hydroxyl groups is 2. The summed E-state index contributed by atoms with van der Waals surface area (Å²) in [5.41, 5.74) is 6.18. The van der Waals surface area contributed by atoms with Gasteiger partial charge in [-0.2, -0.15) is 0 Å². The van der Waals surface area contributed by atoms with Gasteiger partial charge in [-0.05, 0) is 41.8 Å². The second kappa shape index (κ2) is 16.3. The van der Waals surface area contributed by atoms with Crippen LogP contribution >= 0.6 is 12.0 Å². The van der Waals surface area contributed by atoms with E-state index >= 15 is 0 Å². The molecule has 0 saturated carbocycles. The number of rotatable bonds is 15.